The van der Waals surface area contributed by atoms with Gasteiger partial charge in [0, 0.05) is 23.5 Å². The molecule has 152 valence electrons. The molecule has 1 aromatic heterocycles. The van der Waals surface area contributed by atoms with Crippen molar-refractivity contribution in [2.45, 2.75) is 30.4 Å². The Kier molecular flexibility index (Phi) is 5.24. The van der Waals surface area contributed by atoms with Crippen molar-refractivity contribution in [1.82, 2.24) is 19.6 Å². The second-order valence-electron chi connectivity index (χ2n) is 6.40. The molecule has 3 atom stereocenters. The molecule has 1 fully saturated rings. The number of nitrogen functional groups attached to an aromatic ring is 1. The van der Waals surface area contributed by atoms with E-state index >= 15 is 0 Å². The first-order valence-corrected chi connectivity index (χ1v) is 10.4. The summed E-state index contributed by atoms with van der Waals surface area (Å²) in [5.41, 5.74) is 5.57. The lowest BCUT2D eigenvalue weighted by Crippen LogP contribution is -2.69. The van der Waals surface area contributed by atoms with E-state index < -0.39 is 23.8 Å². The first-order valence-electron chi connectivity index (χ1n) is 8.62. The van der Waals surface area contributed by atoms with Crippen molar-refractivity contribution in [1.29, 1.82) is 0 Å². The van der Waals surface area contributed by atoms with Crippen molar-refractivity contribution in [3.8, 4) is 0 Å². The van der Waals surface area contributed by atoms with Gasteiger partial charge in [0.1, 0.15) is 17.5 Å². The Bertz CT molecular complexity index is 957. The van der Waals surface area contributed by atoms with E-state index in [1.165, 1.54) is 22.9 Å². The van der Waals surface area contributed by atoms with Crippen LogP contribution in [0.5, 0.6) is 0 Å². The fourth-order valence-corrected chi connectivity index (χ4v) is 4.65. The summed E-state index contributed by atoms with van der Waals surface area (Å²) >= 11 is 2.17. The number of carboxylic acid groups (broad SMARTS) is 1. The number of thioether (sulfide) groups is 1. The maximum atomic E-state index is 12.8. The Morgan fingerprint density at radius 1 is 1.45 bits per heavy atom. The summed E-state index contributed by atoms with van der Waals surface area (Å²) in [5.74, 6) is -1.90. The van der Waals surface area contributed by atoms with Gasteiger partial charge in [-0.05, 0) is 18.9 Å². The van der Waals surface area contributed by atoms with Gasteiger partial charge in [-0.25, -0.2) is 4.79 Å². The lowest BCUT2D eigenvalue weighted by Gasteiger charge is -2.46. The van der Waals surface area contributed by atoms with E-state index in [1.54, 1.807) is 0 Å². The number of oxime groups is 1. The predicted molar refractivity (Wildman–Crippen MR) is 105 cm³/mol. The van der Waals surface area contributed by atoms with Gasteiger partial charge in [0.05, 0.1) is 5.57 Å². The Morgan fingerprint density at radius 3 is 2.93 bits per heavy atom. The van der Waals surface area contributed by atoms with Gasteiger partial charge in [0.2, 0.25) is 11.5 Å². The molecule has 4 rings (SSSR count). The van der Waals surface area contributed by atoms with Gasteiger partial charge in [-0.1, -0.05) is 11.2 Å². The van der Waals surface area contributed by atoms with Gasteiger partial charge in [-0.2, -0.15) is 9.36 Å². The Balaban J connectivity index is 1.49. The van der Waals surface area contributed by atoms with Crippen LogP contribution in [-0.2, 0) is 19.2 Å². The molecule has 1 aliphatic carbocycles. The van der Waals surface area contributed by atoms with Crippen molar-refractivity contribution in [2.24, 2.45) is 5.16 Å². The summed E-state index contributed by atoms with van der Waals surface area (Å²) in [7, 11) is 0. The number of anilines is 1. The van der Waals surface area contributed by atoms with Crippen LogP contribution < -0.4 is 11.1 Å². The number of carbonyl (C=O) groups excluding carboxylic acids is 2. The first kappa shape index (κ1) is 19.4. The predicted octanol–water partition coefficient (Wildman–Crippen LogP) is -0.0720. The van der Waals surface area contributed by atoms with Crippen LogP contribution in [0.4, 0.5) is 5.13 Å². The Morgan fingerprint density at radius 2 is 2.28 bits per heavy atom. The van der Waals surface area contributed by atoms with E-state index in [-0.39, 0.29) is 39.5 Å². The molecule has 2 unspecified atom stereocenters. The summed E-state index contributed by atoms with van der Waals surface area (Å²) in [5, 5.41) is 15.4. The lowest BCUT2D eigenvalue weighted by molar-refractivity contribution is -0.144. The number of aliphatic carboxylic acids is 1. The average molecular weight is 436 g/mol. The number of amides is 2. The molecule has 1 saturated heterocycles. The Labute approximate surface area is 172 Å². The third kappa shape index (κ3) is 3.82. The normalized spacial score (nSPS) is 25.9. The molecule has 3 heterocycles. The second-order valence-corrected chi connectivity index (χ2v) is 8.29. The van der Waals surface area contributed by atoms with Crippen LogP contribution in [0.3, 0.4) is 0 Å². The summed E-state index contributed by atoms with van der Waals surface area (Å²) in [6.45, 7) is 0. The number of rotatable bonds is 6. The number of carboxylic acids is 1. The zero-order valence-electron chi connectivity index (χ0n) is 14.8. The molecular weight excluding hydrogens is 420 g/mol. The van der Waals surface area contributed by atoms with Crippen molar-refractivity contribution < 1.29 is 24.3 Å². The maximum absolute atomic E-state index is 12.8. The topological polar surface area (TPSA) is 160 Å². The highest BCUT2D eigenvalue weighted by Gasteiger charge is 2.50. The smallest absolute Gasteiger partial charge is 0.333 e. The number of nitrogens with one attached hydrogen (secondary N) is 1. The summed E-state index contributed by atoms with van der Waals surface area (Å²) in [6.07, 6.45) is 6.48. The van der Waals surface area contributed by atoms with Crippen molar-refractivity contribution in [3.05, 3.63) is 29.7 Å². The van der Waals surface area contributed by atoms with E-state index in [2.05, 4.69) is 19.8 Å². The van der Waals surface area contributed by atoms with Gasteiger partial charge in [-0.15, -0.1) is 11.8 Å². The van der Waals surface area contributed by atoms with Crippen LogP contribution >= 0.6 is 23.3 Å². The second kappa shape index (κ2) is 7.83. The van der Waals surface area contributed by atoms with Gasteiger partial charge in [-0.3, -0.25) is 9.59 Å². The van der Waals surface area contributed by atoms with E-state index in [0.717, 1.165) is 24.4 Å². The van der Waals surface area contributed by atoms with E-state index in [0.29, 0.717) is 0 Å². The Hall–Kier alpha value is -2.93. The third-order valence-electron chi connectivity index (χ3n) is 4.46. The van der Waals surface area contributed by atoms with Crippen LogP contribution in [0.2, 0.25) is 0 Å². The minimum Gasteiger partial charge on any atom is -0.478 e. The first-order chi connectivity index (χ1) is 13.9. The SMILES string of the molecule is Nc1nc(C(=NOC2C=CCC2)C(=O)NC2C(=O)N3C=C(C(=O)O)CS[C@H]23)ns1. The molecule has 1 aromatic rings. The molecule has 0 radical (unpaired) electrons. The molecule has 2 aliphatic heterocycles. The summed E-state index contributed by atoms with van der Waals surface area (Å²) in [6, 6.07) is -0.813. The molecule has 0 aromatic carbocycles. The fraction of sp³-hybridized carbons (Fsp3) is 0.375. The number of carbonyl (C=O) groups is 3. The standard InChI is InChI=1S/C16H16N6O5S2/c17-16-19-11(21-29-16)9(20-27-8-3-1-2-4-8)12(23)18-10-13(24)22-5-7(15(25)26)6-28-14(10)22/h1,3,5,8,10,14H,2,4,6H2,(H,18,23)(H,25,26)(H2,17,19,21)/t8?,10?,14-/m1/s1. The monoisotopic (exact) mass is 436 g/mol. The molecule has 13 heteroatoms. The average Bonchev–Trinajstić information content (AvgIpc) is 3.37. The van der Waals surface area contributed by atoms with Crippen LogP contribution in [0, 0.1) is 0 Å². The number of fused-ring (bicyclic) bond motifs is 1. The van der Waals surface area contributed by atoms with Gasteiger partial charge < -0.3 is 25.9 Å². The fourth-order valence-electron chi connectivity index (χ4n) is 2.97. The summed E-state index contributed by atoms with van der Waals surface area (Å²) < 4.78 is 4.00. The van der Waals surface area contributed by atoms with Crippen LogP contribution in [-0.4, -0.2) is 66.1 Å². The molecule has 3 aliphatic rings. The minimum absolute atomic E-state index is 0.0139. The highest BCUT2D eigenvalue weighted by molar-refractivity contribution is 8.00. The number of β-lactam (4-membered cyclic amide) rings is 1. The van der Waals surface area contributed by atoms with E-state index in [9.17, 15) is 14.4 Å². The maximum Gasteiger partial charge on any atom is 0.333 e. The van der Waals surface area contributed by atoms with Crippen LogP contribution in [0.15, 0.2) is 29.1 Å². The van der Waals surface area contributed by atoms with Crippen molar-refractivity contribution >= 4 is 51.9 Å². The van der Waals surface area contributed by atoms with Gasteiger partial charge in [0.15, 0.2) is 5.13 Å². The third-order valence-corrected chi connectivity index (χ3v) is 6.32. The van der Waals surface area contributed by atoms with Crippen LogP contribution in [0.25, 0.3) is 0 Å². The number of hydrogen-bond acceptors (Lipinski definition) is 10. The molecule has 4 N–H and O–H groups in total. The number of aromatic nitrogens is 2. The van der Waals surface area contributed by atoms with E-state index in [1.807, 2.05) is 12.2 Å². The van der Waals surface area contributed by atoms with Gasteiger partial charge in [0.25, 0.3) is 11.8 Å². The molecule has 2 amide bonds. The molecule has 29 heavy (non-hydrogen) atoms. The number of allylic oxidation sites excluding steroid dienone is 1. The zero-order chi connectivity index (χ0) is 20.5. The largest absolute Gasteiger partial charge is 0.478 e. The highest BCUT2D eigenvalue weighted by Crippen LogP contribution is 2.36. The van der Waals surface area contributed by atoms with Crippen molar-refractivity contribution in [3.63, 3.8) is 0 Å². The minimum atomic E-state index is -1.07. The van der Waals surface area contributed by atoms with Crippen LogP contribution in [0.1, 0.15) is 18.7 Å². The van der Waals surface area contributed by atoms with Crippen molar-refractivity contribution in [2.75, 3.05) is 11.5 Å². The molecular formula is C16H16N6O5S2. The lowest BCUT2D eigenvalue weighted by atomic mass is 10.1. The van der Waals surface area contributed by atoms with E-state index in [4.69, 9.17) is 15.7 Å². The van der Waals surface area contributed by atoms with Gasteiger partial charge >= 0.3 is 5.97 Å². The number of nitrogens with two attached hydrogens (primary N) is 1. The zero-order valence-corrected chi connectivity index (χ0v) is 16.5. The molecule has 0 saturated carbocycles. The highest BCUT2D eigenvalue weighted by atomic mass is 32.2. The molecule has 0 bridgehead atoms. The summed E-state index contributed by atoms with van der Waals surface area (Å²) in [4.78, 5) is 46.9. The number of hydrogen-bond donors (Lipinski definition) is 3. The molecule has 11 nitrogen and oxygen atoms in total. The number of nitrogens with zero attached hydrogens (tertiary/aromatic N) is 4. The molecule has 0 spiro atoms. The quantitative estimate of drug-likeness (QED) is 0.240.